The van der Waals surface area contributed by atoms with Crippen LogP contribution in [-0.4, -0.2) is 12.6 Å². The van der Waals surface area contributed by atoms with Gasteiger partial charge in [-0.05, 0) is 55.0 Å². The predicted molar refractivity (Wildman–Crippen MR) is 118 cm³/mol. The molecule has 0 unspecified atom stereocenters. The second-order valence-electron chi connectivity index (χ2n) is 7.98. The number of aryl methyl sites for hydroxylation is 2. The molecular weight excluding hydrogens is 458 g/mol. The molecule has 0 N–H and O–H groups in total. The predicted octanol–water partition coefficient (Wildman–Crippen LogP) is 8.12. The van der Waals surface area contributed by atoms with E-state index < -0.39 is 53.1 Å². The summed E-state index contributed by atoms with van der Waals surface area (Å²) in [6.07, 6.45) is 6.95. The van der Waals surface area contributed by atoms with E-state index >= 15 is 0 Å². The molecule has 0 saturated heterocycles. The Balaban J connectivity index is 2.04. The van der Waals surface area contributed by atoms with Crippen molar-refractivity contribution < 1.29 is 35.9 Å². The van der Waals surface area contributed by atoms with Gasteiger partial charge in [-0.3, -0.25) is 0 Å². The van der Waals surface area contributed by atoms with E-state index in [2.05, 4.69) is 6.92 Å². The van der Waals surface area contributed by atoms with E-state index in [0.717, 1.165) is 56.4 Å². The van der Waals surface area contributed by atoms with Gasteiger partial charge in [-0.25, -0.2) is 26.7 Å². The summed E-state index contributed by atoms with van der Waals surface area (Å²) in [5, 5.41) is 0. The minimum Gasteiger partial charge on any atom is -0.420 e. The number of carbonyl (C=O) groups excluding carboxylic acids is 1. The summed E-state index contributed by atoms with van der Waals surface area (Å²) in [7, 11) is 0. The van der Waals surface area contributed by atoms with E-state index in [9.17, 15) is 31.1 Å². The van der Waals surface area contributed by atoms with E-state index in [4.69, 9.17) is 4.74 Å². The summed E-state index contributed by atoms with van der Waals surface area (Å²) >= 11 is 0. The molecule has 2 nitrogen and oxygen atoms in total. The number of allylic oxidation sites excluding steroid dienone is 2. The molecule has 0 radical (unpaired) electrons. The number of hydrogen-bond acceptors (Lipinski definition) is 2. The van der Waals surface area contributed by atoms with Gasteiger partial charge in [0.25, 0.3) is 0 Å². The first-order valence-electron chi connectivity index (χ1n) is 11.4. The molecule has 0 spiro atoms. The van der Waals surface area contributed by atoms with Crippen LogP contribution < -0.4 is 4.74 Å². The van der Waals surface area contributed by atoms with Crippen LogP contribution in [0.15, 0.2) is 36.2 Å². The van der Waals surface area contributed by atoms with E-state index in [-0.39, 0.29) is 24.0 Å². The molecule has 0 bridgehead atoms. The summed E-state index contributed by atoms with van der Waals surface area (Å²) in [6, 6.07) is 4.41. The lowest BCUT2D eigenvalue weighted by Crippen LogP contribution is -2.14. The van der Waals surface area contributed by atoms with Gasteiger partial charge in [-0.1, -0.05) is 51.2 Å². The number of benzene rings is 2. The van der Waals surface area contributed by atoms with Gasteiger partial charge in [0, 0.05) is 0 Å². The zero-order valence-corrected chi connectivity index (χ0v) is 19.0. The maximum Gasteiger partial charge on any atom is 0.346 e. The molecule has 0 aliphatic rings. The van der Waals surface area contributed by atoms with E-state index in [1.54, 1.807) is 0 Å². The largest absolute Gasteiger partial charge is 0.420 e. The Morgan fingerprint density at radius 1 is 0.824 bits per heavy atom. The van der Waals surface area contributed by atoms with Crippen LogP contribution in [0.4, 0.5) is 26.3 Å². The van der Waals surface area contributed by atoms with Crippen molar-refractivity contribution in [3.8, 4) is 5.75 Å². The Labute approximate surface area is 195 Å². The molecule has 0 saturated carbocycles. The molecule has 34 heavy (non-hydrogen) atoms. The zero-order valence-electron chi connectivity index (χ0n) is 19.0. The molecule has 0 amide bonds. The fourth-order valence-corrected chi connectivity index (χ4v) is 3.47. The highest BCUT2D eigenvalue weighted by atomic mass is 19.2. The molecule has 2 aromatic carbocycles. The molecule has 186 valence electrons. The van der Waals surface area contributed by atoms with E-state index in [1.165, 1.54) is 6.07 Å². The van der Waals surface area contributed by atoms with Crippen LogP contribution in [0.5, 0.6) is 5.75 Å². The van der Waals surface area contributed by atoms with Crippen molar-refractivity contribution >= 4 is 5.97 Å². The van der Waals surface area contributed by atoms with Gasteiger partial charge in [0.15, 0.2) is 23.2 Å². The van der Waals surface area contributed by atoms with Crippen LogP contribution in [0.3, 0.4) is 0 Å². The number of carbonyl (C=O) groups is 1. The summed E-state index contributed by atoms with van der Waals surface area (Å²) < 4.78 is 87.1. The minimum atomic E-state index is -1.53. The maximum absolute atomic E-state index is 14.4. The summed E-state index contributed by atoms with van der Waals surface area (Å²) in [5.41, 5.74) is -0.816. The van der Waals surface area contributed by atoms with Gasteiger partial charge in [-0.15, -0.1) is 0 Å². The minimum absolute atomic E-state index is 0.0779. The van der Waals surface area contributed by atoms with Gasteiger partial charge >= 0.3 is 5.97 Å². The topological polar surface area (TPSA) is 26.3 Å². The quantitative estimate of drug-likeness (QED) is 0.124. The molecule has 0 atom stereocenters. The molecular formula is C26H28F6O2. The summed E-state index contributed by atoms with van der Waals surface area (Å²) in [6.45, 7) is 0.811. The van der Waals surface area contributed by atoms with Crippen molar-refractivity contribution in [1.82, 2.24) is 0 Å². The lowest BCUT2D eigenvalue weighted by atomic mass is 10.0. The molecule has 0 aromatic heterocycles. The Morgan fingerprint density at radius 2 is 1.44 bits per heavy atom. The number of ether oxygens (including phenoxy) is 1. The second kappa shape index (κ2) is 13.8. The first-order chi connectivity index (χ1) is 16.3. The van der Waals surface area contributed by atoms with Gasteiger partial charge in [-0.2, -0.15) is 4.39 Å². The van der Waals surface area contributed by atoms with E-state index in [1.807, 2.05) is 0 Å². The monoisotopic (exact) mass is 486 g/mol. The van der Waals surface area contributed by atoms with Crippen LogP contribution in [0.25, 0.3) is 0 Å². The third-order valence-corrected chi connectivity index (χ3v) is 5.42. The Hall–Kier alpha value is -2.77. The first-order valence-corrected chi connectivity index (χ1v) is 11.4. The number of rotatable bonds is 13. The fourth-order valence-electron chi connectivity index (χ4n) is 3.47. The average Bonchev–Trinajstić information content (AvgIpc) is 2.82. The number of alkyl halides is 1. The smallest absolute Gasteiger partial charge is 0.346 e. The Morgan fingerprint density at radius 3 is 2.15 bits per heavy atom. The molecule has 0 fully saturated rings. The van der Waals surface area contributed by atoms with Crippen molar-refractivity contribution in [2.24, 2.45) is 0 Å². The number of esters is 1. The SMILES string of the molecule is CCCCCCCCc1ccc(OC(=O)c2ccc(CCC=C(F)CF)c(F)c2F)c(F)c1F. The summed E-state index contributed by atoms with van der Waals surface area (Å²) in [4.78, 5) is 12.3. The Bertz CT molecular complexity index is 1000. The molecule has 2 aromatic rings. The van der Waals surface area contributed by atoms with Crippen LogP contribution in [0, 0.1) is 23.3 Å². The third kappa shape index (κ3) is 7.64. The first kappa shape index (κ1) is 27.5. The number of unbranched alkanes of at least 4 members (excludes halogenated alkanes) is 5. The normalized spacial score (nSPS) is 11.7. The molecule has 0 aliphatic heterocycles. The van der Waals surface area contributed by atoms with Crippen LogP contribution in [0.2, 0.25) is 0 Å². The number of hydrogen-bond donors (Lipinski definition) is 0. The van der Waals surface area contributed by atoms with Gasteiger partial charge in [0.1, 0.15) is 12.5 Å². The van der Waals surface area contributed by atoms with Gasteiger partial charge in [0.2, 0.25) is 5.82 Å². The van der Waals surface area contributed by atoms with Crippen LogP contribution >= 0.6 is 0 Å². The fraction of sp³-hybridized carbons (Fsp3) is 0.423. The highest BCUT2D eigenvalue weighted by Gasteiger charge is 2.23. The van der Waals surface area contributed by atoms with Crippen molar-refractivity contribution in [3.05, 3.63) is 76.1 Å². The standard InChI is InChI=1S/C26H28F6O2/c1-2-3-4-5-6-7-9-17-13-15-21(25(32)23(17)30)34-26(33)20-14-12-18(22(29)24(20)31)10-8-11-19(28)16-27/h11-15H,2-10,16H2,1H3. The van der Waals surface area contributed by atoms with Crippen molar-refractivity contribution in [2.75, 3.05) is 6.67 Å². The molecule has 0 heterocycles. The molecule has 0 aliphatic carbocycles. The second-order valence-corrected chi connectivity index (χ2v) is 7.98. The van der Waals surface area contributed by atoms with Crippen molar-refractivity contribution in [3.63, 3.8) is 0 Å². The summed E-state index contributed by atoms with van der Waals surface area (Å²) in [5.74, 6) is -8.56. The highest BCUT2D eigenvalue weighted by Crippen LogP contribution is 2.26. The molecule has 8 heteroatoms. The van der Waals surface area contributed by atoms with Crippen molar-refractivity contribution in [2.45, 2.75) is 64.7 Å². The molecule has 2 rings (SSSR count). The van der Waals surface area contributed by atoms with Crippen LogP contribution in [-0.2, 0) is 12.8 Å². The third-order valence-electron chi connectivity index (χ3n) is 5.42. The van der Waals surface area contributed by atoms with E-state index in [0.29, 0.717) is 12.8 Å². The number of halogens is 6. The lowest BCUT2D eigenvalue weighted by molar-refractivity contribution is 0.0720. The van der Waals surface area contributed by atoms with Crippen molar-refractivity contribution in [1.29, 1.82) is 0 Å². The average molecular weight is 486 g/mol. The maximum atomic E-state index is 14.4. The highest BCUT2D eigenvalue weighted by molar-refractivity contribution is 5.91. The van der Waals surface area contributed by atoms with Crippen LogP contribution in [0.1, 0.15) is 73.4 Å². The lowest BCUT2D eigenvalue weighted by Gasteiger charge is -2.11. The van der Waals surface area contributed by atoms with Gasteiger partial charge in [0.05, 0.1) is 5.56 Å². The van der Waals surface area contributed by atoms with Gasteiger partial charge < -0.3 is 4.74 Å². The Kier molecular flexibility index (Phi) is 11.2. The zero-order chi connectivity index (χ0) is 25.1.